The van der Waals surface area contributed by atoms with Crippen molar-refractivity contribution in [3.05, 3.63) is 0 Å². The van der Waals surface area contributed by atoms with Gasteiger partial charge in [0.2, 0.25) is 0 Å². The molecule has 0 radical (unpaired) electrons. The molecule has 19 heavy (non-hydrogen) atoms. The fraction of sp³-hybridized carbons (Fsp3) is 0.933. The molecule has 0 fully saturated rings. The first-order chi connectivity index (χ1) is 9.20. The van der Waals surface area contributed by atoms with Crippen LogP contribution in [0.15, 0.2) is 0 Å². The highest BCUT2D eigenvalue weighted by atomic mass is 32.1. The van der Waals surface area contributed by atoms with Crippen LogP contribution in [0.2, 0.25) is 0 Å². The van der Waals surface area contributed by atoms with Crippen molar-refractivity contribution in [1.82, 2.24) is 0 Å². The molecule has 0 amide bonds. The van der Waals surface area contributed by atoms with E-state index < -0.39 is 0 Å². The molecule has 0 N–H and O–H groups in total. The van der Waals surface area contributed by atoms with Gasteiger partial charge in [0, 0.05) is 18.2 Å². The molecule has 0 aliphatic heterocycles. The van der Waals surface area contributed by atoms with Crippen LogP contribution in [-0.2, 0) is 8.98 Å². The van der Waals surface area contributed by atoms with Crippen LogP contribution in [0.3, 0.4) is 0 Å². The van der Waals surface area contributed by atoms with Gasteiger partial charge in [-0.25, -0.2) is 0 Å². The first-order valence-electron chi connectivity index (χ1n) is 7.73. The van der Waals surface area contributed by atoms with Crippen molar-refractivity contribution in [3.63, 3.8) is 0 Å². The summed E-state index contributed by atoms with van der Waals surface area (Å²) < 4.78 is 4.33. The van der Waals surface area contributed by atoms with Crippen LogP contribution in [0.1, 0.15) is 84.0 Å². The Morgan fingerprint density at radius 2 is 1.42 bits per heavy atom. The van der Waals surface area contributed by atoms with E-state index in [1.807, 2.05) is 0 Å². The van der Waals surface area contributed by atoms with E-state index in [4.69, 9.17) is 0 Å². The third-order valence-electron chi connectivity index (χ3n) is 3.40. The number of hydrogen-bond donors (Lipinski definition) is 2. The zero-order chi connectivity index (χ0) is 14.3. The number of rotatable bonds is 13. The van der Waals surface area contributed by atoms with Gasteiger partial charge >= 0.3 is 5.97 Å². The number of unbranched alkanes of at least 4 members (excludes halogenated alkanes) is 9. The first-order valence-corrected chi connectivity index (χ1v) is 8.61. The minimum Gasteiger partial charge on any atom is -0.395 e. The molecule has 1 atom stereocenters. The largest absolute Gasteiger partial charge is 0.395 e. The van der Waals surface area contributed by atoms with Crippen molar-refractivity contribution in [1.29, 1.82) is 0 Å². The maximum Gasteiger partial charge on any atom is 0.318 e. The molecule has 2 nitrogen and oxygen atoms in total. The Balaban J connectivity index is 3.16. The Hall–Kier alpha value is 0.170. The molecule has 0 saturated heterocycles. The van der Waals surface area contributed by atoms with Crippen LogP contribution >= 0.6 is 25.5 Å². The summed E-state index contributed by atoms with van der Waals surface area (Å²) >= 11 is 7.86. The lowest BCUT2D eigenvalue weighted by molar-refractivity contribution is -0.132. The minimum atomic E-state index is -0.282. The maximum absolute atomic E-state index is 11.0. The molecule has 1 unspecified atom stereocenters. The Bertz CT molecular complexity index is 210. The summed E-state index contributed by atoms with van der Waals surface area (Å²) in [5.74, 6) is -0.282. The molecule has 0 aliphatic rings. The molecule has 114 valence electrons. The fourth-order valence-corrected chi connectivity index (χ4v) is 2.61. The highest BCUT2D eigenvalue weighted by molar-refractivity contribution is 7.81. The van der Waals surface area contributed by atoms with Gasteiger partial charge in [-0.3, -0.25) is 4.79 Å². The van der Waals surface area contributed by atoms with Gasteiger partial charge in [0.1, 0.15) is 0 Å². The predicted molar refractivity (Wildman–Crippen MR) is 88.9 cm³/mol. The lowest BCUT2D eigenvalue weighted by atomic mass is 10.0. The van der Waals surface area contributed by atoms with E-state index in [2.05, 4.69) is 36.6 Å². The molecular weight excluding hydrogens is 276 g/mol. The van der Waals surface area contributed by atoms with Crippen molar-refractivity contribution in [2.45, 2.75) is 89.2 Å². The first kappa shape index (κ1) is 19.2. The third kappa shape index (κ3) is 14.4. The van der Waals surface area contributed by atoms with Crippen molar-refractivity contribution in [2.24, 2.45) is 0 Å². The van der Waals surface area contributed by atoms with E-state index in [9.17, 15) is 4.79 Å². The summed E-state index contributed by atoms with van der Waals surface area (Å²) in [6.45, 7) is 2.25. The Labute approximate surface area is 130 Å². The maximum atomic E-state index is 11.0. The lowest BCUT2D eigenvalue weighted by Gasteiger charge is -2.08. The molecule has 0 bridgehead atoms. The average Bonchev–Trinajstić information content (AvgIpc) is 2.40. The number of carbonyl (C=O) groups is 1. The summed E-state index contributed by atoms with van der Waals surface area (Å²) in [6, 6.07) is 0. The normalized spacial score (nSPS) is 12.4. The molecule has 4 heteroatoms. The zero-order valence-corrected chi connectivity index (χ0v) is 14.1. The van der Waals surface area contributed by atoms with Crippen LogP contribution in [0.5, 0.6) is 0 Å². The summed E-state index contributed by atoms with van der Waals surface area (Å²) in [6.07, 6.45) is 14.7. The van der Waals surface area contributed by atoms with Crippen LogP contribution in [0.4, 0.5) is 0 Å². The fourth-order valence-electron chi connectivity index (χ4n) is 2.20. The Morgan fingerprint density at radius 1 is 0.947 bits per heavy atom. The van der Waals surface area contributed by atoms with Gasteiger partial charge in [0.25, 0.3) is 0 Å². The lowest BCUT2D eigenvalue weighted by Crippen LogP contribution is -2.07. The van der Waals surface area contributed by atoms with E-state index in [1.165, 1.54) is 57.8 Å². The number of carbonyl (C=O) groups excluding carboxylic acids is 1. The molecule has 0 rings (SSSR count). The van der Waals surface area contributed by atoms with Gasteiger partial charge in [0.15, 0.2) is 0 Å². The molecular formula is C15H30O2S2. The zero-order valence-electron chi connectivity index (χ0n) is 12.3. The molecule has 0 aromatic rings. The standard InChI is InChI=1S/C15H30O2S2/c1-2-3-4-5-6-7-8-9-10-11-12-14(18)13-15(16)17-19/h14,18-19H,2-13H2,1H3. The number of hydrogen-bond acceptors (Lipinski definition) is 4. The summed E-state index contributed by atoms with van der Waals surface area (Å²) in [7, 11) is 0. The highest BCUT2D eigenvalue weighted by Gasteiger charge is 2.09. The van der Waals surface area contributed by atoms with E-state index in [0.29, 0.717) is 6.42 Å². The molecule has 0 aromatic heterocycles. The average molecular weight is 307 g/mol. The minimum absolute atomic E-state index is 0.119. The van der Waals surface area contributed by atoms with E-state index in [0.717, 1.165) is 12.8 Å². The molecule has 0 heterocycles. The summed E-state index contributed by atoms with van der Waals surface area (Å²) in [5, 5.41) is 0.119. The van der Waals surface area contributed by atoms with E-state index in [1.54, 1.807) is 0 Å². The Kier molecular flexibility index (Phi) is 14.7. The van der Waals surface area contributed by atoms with Gasteiger partial charge in [-0.1, -0.05) is 71.1 Å². The summed E-state index contributed by atoms with van der Waals surface area (Å²) in [4.78, 5) is 11.0. The molecule has 0 aliphatic carbocycles. The highest BCUT2D eigenvalue weighted by Crippen LogP contribution is 2.15. The van der Waals surface area contributed by atoms with Crippen molar-refractivity contribution < 1.29 is 8.98 Å². The van der Waals surface area contributed by atoms with Crippen LogP contribution in [-0.4, -0.2) is 11.2 Å². The molecule has 0 aromatic carbocycles. The quantitative estimate of drug-likeness (QED) is 0.272. The van der Waals surface area contributed by atoms with Crippen molar-refractivity contribution in [3.8, 4) is 0 Å². The molecule has 0 saturated carbocycles. The Morgan fingerprint density at radius 3 is 1.89 bits per heavy atom. The van der Waals surface area contributed by atoms with Crippen molar-refractivity contribution >= 4 is 31.5 Å². The van der Waals surface area contributed by atoms with E-state index >= 15 is 0 Å². The van der Waals surface area contributed by atoms with Crippen LogP contribution < -0.4 is 0 Å². The van der Waals surface area contributed by atoms with Gasteiger partial charge < -0.3 is 4.18 Å². The van der Waals surface area contributed by atoms with Crippen LogP contribution in [0.25, 0.3) is 0 Å². The van der Waals surface area contributed by atoms with E-state index in [-0.39, 0.29) is 11.2 Å². The number of thiol groups is 2. The van der Waals surface area contributed by atoms with Gasteiger partial charge in [-0.05, 0) is 6.42 Å². The SMILES string of the molecule is CCCCCCCCCCCCC(S)CC(=O)OS. The molecule has 0 spiro atoms. The second kappa shape index (κ2) is 14.6. The van der Waals surface area contributed by atoms with Crippen LogP contribution in [0, 0.1) is 0 Å². The van der Waals surface area contributed by atoms with Crippen molar-refractivity contribution in [2.75, 3.05) is 0 Å². The van der Waals surface area contributed by atoms with Gasteiger partial charge in [-0.2, -0.15) is 12.6 Å². The van der Waals surface area contributed by atoms with Gasteiger partial charge in [-0.15, -0.1) is 0 Å². The van der Waals surface area contributed by atoms with Gasteiger partial charge in [0.05, 0.1) is 6.42 Å². The third-order valence-corrected chi connectivity index (χ3v) is 4.04. The smallest absolute Gasteiger partial charge is 0.318 e. The second-order valence-corrected chi connectivity index (χ2v) is 6.20. The topological polar surface area (TPSA) is 26.3 Å². The second-order valence-electron chi connectivity index (χ2n) is 5.29. The summed E-state index contributed by atoms with van der Waals surface area (Å²) in [5.41, 5.74) is 0. The monoisotopic (exact) mass is 306 g/mol. The predicted octanol–water partition coefficient (Wildman–Crippen LogP) is 5.37.